The molecule has 1 aromatic heterocycles. The van der Waals surface area contributed by atoms with Crippen molar-refractivity contribution in [3.63, 3.8) is 0 Å². The molecule has 1 aromatic carbocycles. The van der Waals surface area contributed by atoms with Crippen LogP contribution in [-0.4, -0.2) is 57.6 Å². The van der Waals surface area contributed by atoms with Crippen molar-refractivity contribution in [2.75, 3.05) is 19.6 Å². The minimum absolute atomic E-state index is 0.0575. The van der Waals surface area contributed by atoms with E-state index in [2.05, 4.69) is 22.0 Å². The fraction of sp³-hybridized carbons (Fsp3) is 0.526. The van der Waals surface area contributed by atoms with E-state index in [4.69, 9.17) is 0 Å². The van der Waals surface area contributed by atoms with E-state index in [1.165, 1.54) is 6.42 Å². The number of fused-ring (bicyclic) bond motifs is 1. The third-order valence-corrected chi connectivity index (χ3v) is 5.72. The van der Waals surface area contributed by atoms with E-state index in [0.717, 1.165) is 38.9 Å². The number of aromatic amines is 1. The molecule has 1 N–H and O–H groups in total. The largest absolute Gasteiger partial charge is 0.333 e. The number of nitrogens with one attached hydrogen (secondary N) is 1. The van der Waals surface area contributed by atoms with Crippen LogP contribution in [0.25, 0.3) is 10.8 Å². The molecule has 3 heterocycles. The highest BCUT2D eigenvalue weighted by molar-refractivity contribution is 6.04. The first-order valence-electron chi connectivity index (χ1n) is 9.23. The second-order valence-corrected chi connectivity index (χ2v) is 6.99. The number of carbonyl (C=O) groups excluding carboxylic acids is 1. The van der Waals surface area contributed by atoms with Crippen LogP contribution in [0.1, 0.15) is 43.1 Å². The summed E-state index contributed by atoms with van der Waals surface area (Å²) in [7, 11) is 0. The maximum absolute atomic E-state index is 13.3. The van der Waals surface area contributed by atoms with Gasteiger partial charge in [0, 0.05) is 24.0 Å². The third kappa shape index (κ3) is 2.74. The van der Waals surface area contributed by atoms with Crippen LogP contribution in [0.5, 0.6) is 0 Å². The number of carbonyl (C=O) groups is 1. The molecular formula is C19H24N4O2. The Kier molecular flexibility index (Phi) is 4.29. The van der Waals surface area contributed by atoms with Crippen LogP contribution in [0.15, 0.2) is 29.1 Å². The molecule has 2 fully saturated rings. The molecular weight excluding hydrogens is 316 g/mol. The number of amides is 1. The smallest absolute Gasteiger partial charge is 0.275 e. The number of hydrogen-bond acceptors (Lipinski definition) is 4. The monoisotopic (exact) mass is 340 g/mol. The van der Waals surface area contributed by atoms with Gasteiger partial charge in [0.05, 0.1) is 5.39 Å². The lowest BCUT2D eigenvalue weighted by atomic mass is 10.0. The lowest BCUT2D eigenvalue weighted by Crippen LogP contribution is -2.48. The molecule has 2 saturated heterocycles. The van der Waals surface area contributed by atoms with Gasteiger partial charge in [-0.05, 0) is 44.8 Å². The molecule has 2 aromatic rings. The van der Waals surface area contributed by atoms with Gasteiger partial charge in [0.15, 0.2) is 5.69 Å². The molecule has 0 saturated carbocycles. The Balaban J connectivity index is 1.69. The molecule has 25 heavy (non-hydrogen) atoms. The lowest BCUT2D eigenvalue weighted by Gasteiger charge is -2.34. The normalized spacial score (nSPS) is 24.3. The number of aromatic nitrogens is 2. The number of hydrogen-bond donors (Lipinski definition) is 1. The highest BCUT2D eigenvalue weighted by Gasteiger charge is 2.40. The zero-order valence-corrected chi connectivity index (χ0v) is 14.6. The molecule has 0 radical (unpaired) electrons. The molecule has 4 rings (SSSR count). The Morgan fingerprint density at radius 2 is 1.88 bits per heavy atom. The molecule has 132 valence electrons. The van der Waals surface area contributed by atoms with Gasteiger partial charge in [-0.3, -0.25) is 14.5 Å². The van der Waals surface area contributed by atoms with Crippen LogP contribution in [-0.2, 0) is 0 Å². The van der Waals surface area contributed by atoms with Crippen molar-refractivity contribution < 1.29 is 4.79 Å². The molecule has 6 heteroatoms. The summed E-state index contributed by atoms with van der Waals surface area (Å²) in [5.74, 6) is -0.0575. The van der Waals surface area contributed by atoms with Gasteiger partial charge >= 0.3 is 0 Å². The minimum Gasteiger partial charge on any atom is -0.333 e. The maximum Gasteiger partial charge on any atom is 0.275 e. The second-order valence-electron chi connectivity index (χ2n) is 6.99. The Bertz CT molecular complexity index is 847. The minimum atomic E-state index is -0.252. The Morgan fingerprint density at radius 3 is 2.68 bits per heavy atom. The lowest BCUT2D eigenvalue weighted by molar-refractivity contribution is 0.0645. The summed E-state index contributed by atoms with van der Waals surface area (Å²) >= 11 is 0. The van der Waals surface area contributed by atoms with Crippen LogP contribution < -0.4 is 5.56 Å². The third-order valence-electron chi connectivity index (χ3n) is 5.72. The highest BCUT2D eigenvalue weighted by Crippen LogP contribution is 2.31. The van der Waals surface area contributed by atoms with Gasteiger partial charge in [-0.2, -0.15) is 5.10 Å². The fourth-order valence-corrected chi connectivity index (χ4v) is 4.54. The topological polar surface area (TPSA) is 69.3 Å². The molecule has 0 spiro atoms. The predicted molar refractivity (Wildman–Crippen MR) is 96.7 cm³/mol. The number of likely N-dealkylation sites (N-methyl/N-ethyl adjacent to an activating group) is 1. The first-order valence-corrected chi connectivity index (χ1v) is 9.23. The van der Waals surface area contributed by atoms with Gasteiger partial charge < -0.3 is 4.90 Å². The summed E-state index contributed by atoms with van der Waals surface area (Å²) in [5.41, 5.74) is 0.112. The maximum atomic E-state index is 13.3. The van der Waals surface area contributed by atoms with Crippen LogP contribution >= 0.6 is 0 Å². The summed E-state index contributed by atoms with van der Waals surface area (Å²) in [6.45, 7) is 5.12. The average molecular weight is 340 g/mol. The van der Waals surface area contributed by atoms with Crippen molar-refractivity contribution in [3.8, 4) is 0 Å². The summed E-state index contributed by atoms with van der Waals surface area (Å²) in [6.07, 6.45) is 4.44. The van der Waals surface area contributed by atoms with E-state index in [1.807, 2.05) is 23.1 Å². The first-order chi connectivity index (χ1) is 12.2. The van der Waals surface area contributed by atoms with Crippen LogP contribution in [0.4, 0.5) is 0 Å². The Hall–Kier alpha value is -2.21. The summed E-state index contributed by atoms with van der Waals surface area (Å²) in [4.78, 5) is 29.7. The zero-order valence-electron chi connectivity index (χ0n) is 14.6. The van der Waals surface area contributed by atoms with Crippen molar-refractivity contribution >= 4 is 16.7 Å². The van der Waals surface area contributed by atoms with Crippen molar-refractivity contribution in [3.05, 3.63) is 40.3 Å². The summed E-state index contributed by atoms with van der Waals surface area (Å²) in [5, 5.41) is 7.76. The van der Waals surface area contributed by atoms with Crippen LogP contribution in [0.2, 0.25) is 0 Å². The molecule has 2 aliphatic rings. The predicted octanol–water partition coefficient (Wildman–Crippen LogP) is 2.01. The molecule has 0 bridgehead atoms. The highest BCUT2D eigenvalue weighted by atomic mass is 16.2. The average Bonchev–Trinajstić information content (AvgIpc) is 3.30. The van der Waals surface area contributed by atoms with Gasteiger partial charge in [-0.15, -0.1) is 0 Å². The van der Waals surface area contributed by atoms with E-state index < -0.39 is 0 Å². The van der Waals surface area contributed by atoms with Gasteiger partial charge in [0.1, 0.15) is 0 Å². The number of rotatable bonds is 3. The van der Waals surface area contributed by atoms with Crippen molar-refractivity contribution in [1.82, 2.24) is 20.0 Å². The molecule has 0 unspecified atom stereocenters. The van der Waals surface area contributed by atoms with Crippen molar-refractivity contribution in [2.24, 2.45) is 0 Å². The molecule has 1 amide bonds. The molecule has 2 atom stereocenters. The fourth-order valence-electron chi connectivity index (χ4n) is 4.54. The number of likely N-dealkylation sites (tertiary alicyclic amines) is 2. The van der Waals surface area contributed by atoms with E-state index in [1.54, 1.807) is 6.07 Å². The number of nitrogens with zero attached hydrogens (tertiary/aromatic N) is 3. The SMILES string of the molecule is CCN1CCC[C@@H]1[C@@H]1CCCN1C(=O)c1n[nH]c(=O)c2ccccc12. The quantitative estimate of drug-likeness (QED) is 0.928. The summed E-state index contributed by atoms with van der Waals surface area (Å²) < 4.78 is 0. The Morgan fingerprint density at radius 1 is 1.16 bits per heavy atom. The van der Waals surface area contributed by atoms with Gasteiger partial charge in [0.25, 0.3) is 11.5 Å². The number of benzene rings is 1. The van der Waals surface area contributed by atoms with Crippen molar-refractivity contribution in [1.29, 1.82) is 0 Å². The summed E-state index contributed by atoms with van der Waals surface area (Å²) in [6, 6.07) is 7.90. The van der Waals surface area contributed by atoms with Gasteiger partial charge in [-0.1, -0.05) is 25.1 Å². The van der Waals surface area contributed by atoms with Crippen LogP contribution in [0.3, 0.4) is 0 Å². The molecule has 0 aliphatic carbocycles. The van der Waals surface area contributed by atoms with E-state index in [9.17, 15) is 9.59 Å². The Labute approximate surface area is 146 Å². The zero-order chi connectivity index (χ0) is 17.4. The molecule has 2 aliphatic heterocycles. The second kappa shape index (κ2) is 6.59. The van der Waals surface area contributed by atoms with E-state index in [0.29, 0.717) is 22.5 Å². The number of H-pyrrole nitrogens is 1. The van der Waals surface area contributed by atoms with E-state index in [-0.39, 0.29) is 17.5 Å². The van der Waals surface area contributed by atoms with E-state index >= 15 is 0 Å². The van der Waals surface area contributed by atoms with Crippen LogP contribution in [0, 0.1) is 0 Å². The van der Waals surface area contributed by atoms with Crippen molar-refractivity contribution in [2.45, 2.75) is 44.7 Å². The standard InChI is InChI=1S/C19H24N4O2/c1-2-22-11-5-9-15(22)16-10-6-12-23(16)19(25)17-13-7-3-4-8-14(13)18(24)21-20-17/h3-4,7-8,15-16H,2,5-6,9-12H2,1H3,(H,21,24)/t15-,16+/m1/s1. The first kappa shape index (κ1) is 16.3. The molecule has 6 nitrogen and oxygen atoms in total. The van der Waals surface area contributed by atoms with Gasteiger partial charge in [-0.25, -0.2) is 5.10 Å². The van der Waals surface area contributed by atoms with Gasteiger partial charge in [0.2, 0.25) is 0 Å².